The number of hydrogen-bond acceptors (Lipinski definition) is 2. The van der Waals surface area contributed by atoms with Crippen LogP contribution < -0.4 is 0 Å². The van der Waals surface area contributed by atoms with Crippen LogP contribution in [0.2, 0.25) is 0 Å². The molecule has 1 N–H and O–H groups in total. The molecule has 1 heterocycles. The SMILES string of the molecule is Cc1ccc2c(c1)CCc1c(C(=O)O)nn(C)c1-2. The highest BCUT2D eigenvalue weighted by atomic mass is 16.4. The van der Waals surface area contributed by atoms with E-state index in [0.29, 0.717) is 0 Å². The number of aromatic carboxylic acids is 1. The normalized spacial score (nSPS) is 13.0. The molecule has 1 aliphatic carbocycles. The fourth-order valence-electron chi connectivity index (χ4n) is 2.73. The fourth-order valence-corrected chi connectivity index (χ4v) is 2.73. The summed E-state index contributed by atoms with van der Waals surface area (Å²) in [5.74, 6) is -0.942. The van der Waals surface area contributed by atoms with Gasteiger partial charge >= 0.3 is 5.97 Å². The molecule has 0 saturated heterocycles. The molecule has 2 aromatic rings. The van der Waals surface area contributed by atoms with Crippen LogP contribution in [0.3, 0.4) is 0 Å². The van der Waals surface area contributed by atoms with Gasteiger partial charge in [-0.15, -0.1) is 0 Å². The van der Waals surface area contributed by atoms with Crippen LogP contribution in [0.4, 0.5) is 0 Å². The first-order valence-corrected chi connectivity index (χ1v) is 5.97. The van der Waals surface area contributed by atoms with E-state index in [9.17, 15) is 9.90 Å². The van der Waals surface area contributed by atoms with Crippen molar-refractivity contribution < 1.29 is 9.90 Å². The summed E-state index contributed by atoms with van der Waals surface area (Å²) >= 11 is 0. The molecule has 0 fully saturated rings. The maximum atomic E-state index is 11.2. The van der Waals surface area contributed by atoms with Crippen molar-refractivity contribution in [3.05, 3.63) is 40.6 Å². The summed E-state index contributed by atoms with van der Waals surface area (Å²) < 4.78 is 1.69. The van der Waals surface area contributed by atoms with Crippen LogP contribution in [0.25, 0.3) is 11.3 Å². The van der Waals surface area contributed by atoms with Crippen LogP contribution in [0.5, 0.6) is 0 Å². The number of nitrogens with zero attached hydrogens (tertiary/aromatic N) is 2. The number of rotatable bonds is 1. The highest BCUT2D eigenvalue weighted by Gasteiger charge is 2.26. The van der Waals surface area contributed by atoms with E-state index in [1.807, 2.05) is 0 Å². The monoisotopic (exact) mass is 242 g/mol. The van der Waals surface area contributed by atoms with Gasteiger partial charge in [0.2, 0.25) is 0 Å². The predicted molar refractivity (Wildman–Crippen MR) is 67.7 cm³/mol. The Bertz CT molecular complexity index is 656. The minimum absolute atomic E-state index is 0.193. The van der Waals surface area contributed by atoms with E-state index in [4.69, 9.17) is 0 Å². The summed E-state index contributed by atoms with van der Waals surface area (Å²) in [6.45, 7) is 2.07. The Balaban J connectivity index is 2.27. The molecule has 3 rings (SSSR count). The second-order valence-corrected chi connectivity index (χ2v) is 4.77. The third kappa shape index (κ3) is 1.45. The molecule has 0 amide bonds. The van der Waals surface area contributed by atoms with Gasteiger partial charge in [-0.1, -0.05) is 23.8 Å². The van der Waals surface area contributed by atoms with Gasteiger partial charge in [0.05, 0.1) is 5.69 Å². The quantitative estimate of drug-likeness (QED) is 0.834. The molecule has 92 valence electrons. The Morgan fingerprint density at radius 3 is 2.89 bits per heavy atom. The smallest absolute Gasteiger partial charge is 0.356 e. The lowest BCUT2D eigenvalue weighted by Crippen LogP contribution is -2.08. The third-order valence-electron chi connectivity index (χ3n) is 3.51. The molecular formula is C14H14N2O2. The van der Waals surface area contributed by atoms with Crippen LogP contribution >= 0.6 is 0 Å². The lowest BCUT2D eigenvalue weighted by Gasteiger charge is -2.18. The maximum Gasteiger partial charge on any atom is 0.356 e. The average Bonchev–Trinajstić information content (AvgIpc) is 2.67. The molecule has 1 aromatic heterocycles. The number of hydrogen-bond donors (Lipinski definition) is 1. The Hall–Kier alpha value is -2.10. The van der Waals surface area contributed by atoms with Gasteiger partial charge in [-0.3, -0.25) is 4.68 Å². The summed E-state index contributed by atoms with van der Waals surface area (Å²) in [4.78, 5) is 11.2. The fraction of sp³-hybridized carbons (Fsp3) is 0.286. The predicted octanol–water partition coefficient (Wildman–Crippen LogP) is 2.19. The Morgan fingerprint density at radius 2 is 2.17 bits per heavy atom. The number of aromatic nitrogens is 2. The van der Waals surface area contributed by atoms with Crippen molar-refractivity contribution in [1.29, 1.82) is 0 Å². The highest BCUT2D eigenvalue weighted by Crippen LogP contribution is 2.35. The zero-order valence-corrected chi connectivity index (χ0v) is 10.4. The summed E-state index contributed by atoms with van der Waals surface area (Å²) in [5.41, 5.74) is 5.64. The van der Waals surface area contributed by atoms with E-state index in [-0.39, 0.29) is 5.69 Å². The number of carboxylic acid groups (broad SMARTS) is 1. The molecule has 1 aliphatic rings. The van der Waals surface area contributed by atoms with E-state index in [2.05, 4.69) is 30.2 Å². The molecule has 0 unspecified atom stereocenters. The standard InChI is InChI=1S/C14H14N2O2/c1-8-3-5-10-9(7-8)4-6-11-12(14(17)18)15-16(2)13(10)11/h3,5,7H,4,6H2,1-2H3,(H,17,18). The van der Waals surface area contributed by atoms with Gasteiger partial charge in [-0.25, -0.2) is 4.79 Å². The molecule has 0 bridgehead atoms. The molecule has 18 heavy (non-hydrogen) atoms. The number of fused-ring (bicyclic) bond motifs is 3. The molecule has 4 nitrogen and oxygen atoms in total. The molecule has 0 spiro atoms. The van der Waals surface area contributed by atoms with Gasteiger partial charge in [-0.05, 0) is 25.3 Å². The summed E-state index contributed by atoms with van der Waals surface area (Å²) in [5, 5.41) is 13.3. The highest BCUT2D eigenvalue weighted by molar-refractivity contribution is 5.90. The van der Waals surface area contributed by atoms with Gasteiger partial charge in [0.1, 0.15) is 0 Å². The van der Waals surface area contributed by atoms with Gasteiger partial charge in [0.15, 0.2) is 5.69 Å². The van der Waals surface area contributed by atoms with Crippen LogP contribution in [-0.4, -0.2) is 20.9 Å². The molecule has 0 radical (unpaired) electrons. The molecule has 0 aliphatic heterocycles. The van der Waals surface area contributed by atoms with Crippen molar-refractivity contribution in [2.24, 2.45) is 7.05 Å². The summed E-state index contributed by atoms with van der Waals surface area (Å²) in [6.07, 6.45) is 1.64. The van der Waals surface area contributed by atoms with Gasteiger partial charge < -0.3 is 5.11 Å². The molecular weight excluding hydrogens is 228 g/mol. The third-order valence-corrected chi connectivity index (χ3v) is 3.51. The van der Waals surface area contributed by atoms with Crippen LogP contribution in [-0.2, 0) is 19.9 Å². The molecule has 0 atom stereocenters. The van der Waals surface area contributed by atoms with E-state index in [0.717, 1.165) is 29.7 Å². The minimum atomic E-state index is -0.942. The van der Waals surface area contributed by atoms with Crippen LogP contribution in [0, 0.1) is 6.92 Å². The van der Waals surface area contributed by atoms with Crippen molar-refractivity contribution >= 4 is 5.97 Å². The first kappa shape index (κ1) is 11.0. The van der Waals surface area contributed by atoms with Crippen LogP contribution in [0.15, 0.2) is 18.2 Å². The number of benzene rings is 1. The Labute approximate surface area is 105 Å². The van der Waals surface area contributed by atoms with Crippen molar-refractivity contribution in [3.8, 4) is 11.3 Å². The minimum Gasteiger partial charge on any atom is -0.476 e. The van der Waals surface area contributed by atoms with Crippen molar-refractivity contribution in [3.63, 3.8) is 0 Å². The number of aryl methyl sites for hydroxylation is 3. The molecule has 0 saturated carbocycles. The topological polar surface area (TPSA) is 55.1 Å². The van der Waals surface area contributed by atoms with Crippen molar-refractivity contribution in [1.82, 2.24) is 9.78 Å². The lowest BCUT2D eigenvalue weighted by molar-refractivity contribution is 0.0688. The van der Waals surface area contributed by atoms with Gasteiger partial charge in [-0.2, -0.15) is 5.10 Å². The largest absolute Gasteiger partial charge is 0.476 e. The van der Waals surface area contributed by atoms with E-state index in [1.165, 1.54) is 11.1 Å². The Kier molecular flexibility index (Phi) is 2.26. The van der Waals surface area contributed by atoms with E-state index >= 15 is 0 Å². The lowest BCUT2D eigenvalue weighted by atomic mass is 9.88. The molecule has 4 heteroatoms. The summed E-state index contributed by atoms with van der Waals surface area (Å²) in [7, 11) is 1.81. The first-order valence-electron chi connectivity index (χ1n) is 5.97. The summed E-state index contributed by atoms with van der Waals surface area (Å²) in [6, 6.07) is 6.29. The number of carbonyl (C=O) groups is 1. The van der Waals surface area contributed by atoms with Crippen molar-refractivity contribution in [2.75, 3.05) is 0 Å². The average molecular weight is 242 g/mol. The maximum absolute atomic E-state index is 11.2. The second kappa shape index (κ2) is 3.70. The second-order valence-electron chi connectivity index (χ2n) is 4.77. The zero-order chi connectivity index (χ0) is 12.9. The van der Waals surface area contributed by atoms with Crippen molar-refractivity contribution in [2.45, 2.75) is 19.8 Å². The van der Waals surface area contributed by atoms with Gasteiger partial charge in [0, 0.05) is 18.2 Å². The Morgan fingerprint density at radius 1 is 1.39 bits per heavy atom. The first-order chi connectivity index (χ1) is 8.58. The van der Waals surface area contributed by atoms with Gasteiger partial charge in [0.25, 0.3) is 0 Å². The zero-order valence-electron chi connectivity index (χ0n) is 10.4. The van der Waals surface area contributed by atoms with E-state index < -0.39 is 5.97 Å². The molecule has 1 aromatic carbocycles. The van der Waals surface area contributed by atoms with E-state index in [1.54, 1.807) is 11.7 Å². The number of carboxylic acids is 1. The van der Waals surface area contributed by atoms with Crippen LogP contribution in [0.1, 0.15) is 27.2 Å².